The van der Waals surface area contributed by atoms with E-state index in [4.69, 9.17) is 4.74 Å². The zero-order valence-electron chi connectivity index (χ0n) is 21.2. The molecule has 1 heterocycles. The van der Waals surface area contributed by atoms with Crippen LogP contribution in [-0.4, -0.2) is 47.0 Å². The Kier molecular flexibility index (Phi) is 8.10. The molecule has 10 heteroatoms. The van der Waals surface area contributed by atoms with Gasteiger partial charge in [-0.2, -0.15) is 0 Å². The van der Waals surface area contributed by atoms with E-state index in [1.807, 2.05) is 31.2 Å². The Hall–Kier alpha value is -4.60. The highest BCUT2D eigenvalue weighted by Gasteiger charge is 2.27. The normalized spacial score (nSPS) is 11.6. The fraction of sp³-hybridized carbons (Fsp3) is 0.214. The van der Waals surface area contributed by atoms with Crippen LogP contribution in [0.1, 0.15) is 27.2 Å². The van der Waals surface area contributed by atoms with Gasteiger partial charge in [-0.15, -0.1) is 5.10 Å². The molecule has 0 fully saturated rings. The van der Waals surface area contributed by atoms with Crippen LogP contribution in [0.5, 0.6) is 5.75 Å². The molecule has 38 heavy (non-hydrogen) atoms. The highest BCUT2D eigenvalue weighted by atomic mass is 19.1. The highest BCUT2D eigenvalue weighted by Crippen LogP contribution is 2.20. The molecule has 1 atom stereocenters. The van der Waals surface area contributed by atoms with Crippen molar-refractivity contribution >= 4 is 17.5 Å². The predicted molar refractivity (Wildman–Crippen MR) is 138 cm³/mol. The van der Waals surface area contributed by atoms with Crippen LogP contribution in [0.2, 0.25) is 0 Å². The highest BCUT2D eigenvalue weighted by molar-refractivity contribution is 6.01. The van der Waals surface area contributed by atoms with Crippen molar-refractivity contribution in [2.75, 3.05) is 19.1 Å². The molecule has 0 spiro atoms. The molecule has 1 aromatic heterocycles. The maximum Gasteiger partial charge on any atom is 0.274 e. The van der Waals surface area contributed by atoms with Crippen LogP contribution < -0.4 is 15.0 Å². The monoisotopic (exact) mass is 519 g/mol. The number of aryl methyl sites for hydroxylation is 1. The quantitative estimate of drug-likeness (QED) is 0.362. The molecule has 0 radical (unpaired) electrons. The first kappa shape index (κ1) is 26.5. The van der Waals surface area contributed by atoms with Crippen molar-refractivity contribution in [3.05, 3.63) is 107 Å². The van der Waals surface area contributed by atoms with E-state index in [-0.39, 0.29) is 17.7 Å². The molecule has 1 N–H and O–H groups in total. The van der Waals surface area contributed by atoms with Crippen molar-refractivity contribution in [3.8, 4) is 5.75 Å². The number of nitrogens with zero attached hydrogens (tertiary/aromatic N) is 4. The molecule has 3 aromatic carbocycles. The summed E-state index contributed by atoms with van der Waals surface area (Å²) in [6, 6.07) is 16.4. The number of ether oxygens (including phenoxy) is 1. The molecule has 4 aromatic rings. The number of carbonyl (C=O) groups excluding carboxylic acids is 2. The molecule has 0 bridgehead atoms. The van der Waals surface area contributed by atoms with Gasteiger partial charge in [0.1, 0.15) is 23.4 Å². The summed E-state index contributed by atoms with van der Waals surface area (Å²) in [7, 11) is 3.08. The molecule has 0 aliphatic carbocycles. The lowest BCUT2D eigenvalue weighted by atomic mass is 10.0. The van der Waals surface area contributed by atoms with Crippen molar-refractivity contribution in [2.24, 2.45) is 0 Å². The third-order valence-corrected chi connectivity index (χ3v) is 6.12. The molecule has 0 aliphatic heterocycles. The zero-order chi connectivity index (χ0) is 27.2. The van der Waals surface area contributed by atoms with E-state index in [0.29, 0.717) is 18.0 Å². The first-order valence-corrected chi connectivity index (χ1v) is 11.9. The Balaban J connectivity index is 1.55. The van der Waals surface area contributed by atoms with Gasteiger partial charge in [-0.3, -0.25) is 9.59 Å². The van der Waals surface area contributed by atoms with Crippen molar-refractivity contribution in [3.63, 3.8) is 0 Å². The van der Waals surface area contributed by atoms with Gasteiger partial charge in [0.15, 0.2) is 5.69 Å². The van der Waals surface area contributed by atoms with E-state index in [0.717, 1.165) is 29.3 Å². The van der Waals surface area contributed by atoms with Crippen LogP contribution in [0.3, 0.4) is 0 Å². The summed E-state index contributed by atoms with van der Waals surface area (Å²) in [5, 5.41) is 10.7. The van der Waals surface area contributed by atoms with E-state index in [1.165, 1.54) is 22.9 Å². The average molecular weight is 520 g/mol. The zero-order valence-corrected chi connectivity index (χ0v) is 21.2. The minimum atomic E-state index is -1.14. The summed E-state index contributed by atoms with van der Waals surface area (Å²) in [6.07, 6.45) is 1.34. The second-order valence-electron chi connectivity index (χ2n) is 8.83. The van der Waals surface area contributed by atoms with E-state index in [1.54, 1.807) is 31.3 Å². The SMILES string of the molecule is COc1ccc(N(C)C(=O)C(Cc2cc(F)cc(F)c2)NC(=O)c2cn(Cc3ccccc3C)nn2)cc1. The molecule has 8 nitrogen and oxygen atoms in total. The lowest BCUT2D eigenvalue weighted by Gasteiger charge is -2.25. The Morgan fingerprint density at radius 3 is 2.39 bits per heavy atom. The van der Waals surface area contributed by atoms with E-state index >= 15 is 0 Å². The van der Waals surface area contributed by atoms with Crippen molar-refractivity contribution in [2.45, 2.75) is 25.9 Å². The van der Waals surface area contributed by atoms with Crippen molar-refractivity contribution in [1.29, 1.82) is 0 Å². The Bertz CT molecular complexity index is 1420. The number of halogens is 2. The maximum atomic E-state index is 13.9. The van der Waals surface area contributed by atoms with Crippen LogP contribution in [0.15, 0.2) is 72.9 Å². The molecular formula is C28H27F2N5O3. The number of rotatable bonds is 9. The second kappa shape index (κ2) is 11.6. The van der Waals surface area contributed by atoms with Gasteiger partial charge < -0.3 is 15.0 Å². The smallest absolute Gasteiger partial charge is 0.274 e. The molecule has 0 saturated carbocycles. The maximum absolute atomic E-state index is 13.9. The number of nitrogens with one attached hydrogen (secondary N) is 1. The van der Waals surface area contributed by atoms with Gasteiger partial charge in [-0.1, -0.05) is 29.5 Å². The number of hydrogen-bond donors (Lipinski definition) is 1. The summed E-state index contributed by atoms with van der Waals surface area (Å²) in [6.45, 7) is 2.39. The summed E-state index contributed by atoms with van der Waals surface area (Å²) in [5.74, 6) is -2.07. The van der Waals surface area contributed by atoms with Gasteiger partial charge in [0.2, 0.25) is 5.91 Å². The Morgan fingerprint density at radius 1 is 1.05 bits per heavy atom. The second-order valence-corrected chi connectivity index (χ2v) is 8.83. The minimum Gasteiger partial charge on any atom is -0.497 e. The minimum absolute atomic E-state index is 0.00825. The molecule has 0 saturated heterocycles. The van der Waals surface area contributed by atoms with Crippen LogP contribution >= 0.6 is 0 Å². The van der Waals surface area contributed by atoms with Gasteiger partial charge in [0, 0.05) is 25.2 Å². The molecule has 196 valence electrons. The largest absolute Gasteiger partial charge is 0.497 e. The number of methoxy groups -OCH3 is 1. The van der Waals surface area contributed by atoms with Crippen molar-refractivity contribution < 1.29 is 23.1 Å². The summed E-state index contributed by atoms with van der Waals surface area (Å²) in [4.78, 5) is 27.9. The average Bonchev–Trinajstić information content (AvgIpc) is 3.37. The lowest BCUT2D eigenvalue weighted by Crippen LogP contribution is -2.49. The topological polar surface area (TPSA) is 89.4 Å². The number of aromatic nitrogens is 3. The number of carbonyl (C=O) groups is 2. The van der Waals surface area contributed by atoms with Crippen LogP contribution in [0, 0.1) is 18.6 Å². The molecule has 1 unspecified atom stereocenters. The van der Waals surface area contributed by atoms with Gasteiger partial charge in [0.25, 0.3) is 5.91 Å². The Morgan fingerprint density at radius 2 is 1.74 bits per heavy atom. The first-order chi connectivity index (χ1) is 18.2. The first-order valence-electron chi connectivity index (χ1n) is 11.9. The fourth-order valence-corrected chi connectivity index (χ4v) is 4.01. The summed E-state index contributed by atoms with van der Waals surface area (Å²) in [5.41, 5.74) is 2.86. The van der Waals surface area contributed by atoms with Gasteiger partial charge in [-0.05, 0) is 60.0 Å². The number of amides is 2. The lowest BCUT2D eigenvalue weighted by molar-refractivity contribution is -0.120. The number of hydrogen-bond acceptors (Lipinski definition) is 5. The molecule has 0 aliphatic rings. The fourth-order valence-electron chi connectivity index (χ4n) is 4.01. The van der Waals surface area contributed by atoms with Crippen LogP contribution in [0.25, 0.3) is 0 Å². The number of anilines is 1. The summed E-state index contributed by atoms with van der Waals surface area (Å²) < 4.78 is 34.4. The predicted octanol–water partition coefficient (Wildman–Crippen LogP) is 3.93. The van der Waals surface area contributed by atoms with E-state index < -0.39 is 29.5 Å². The van der Waals surface area contributed by atoms with Gasteiger partial charge in [0.05, 0.1) is 19.9 Å². The van der Waals surface area contributed by atoms with E-state index in [9.17, 15) is 18.4 Å². The van der Waals surface area contributed by atoms with Crippen LogP contribution in [-0.2, 0) is 17.8 Å². The molecule has 4 rings (SSSR count). The van der Waals surface area contributed by atoms with Crippen molar-refractivity contribution in [1.82, 2.24) is 20.3 Å². The number of likely N-dealkylation sites (N-methyl/N-ethyl adjacent to an activating group) is 1. The standard InChI is InChI=1S/C28H27F2N5O3/c1-18-6-4-5-7-20(18)16-35-17-26(32-33-35)27(36)31-25(14-19-12-21(29)15-22(30)13-19)28(37)34(2)23-8-10-24(38-3)11-9-23/h4-13,15,17,25H,14,16H2,1-3H3,(H,31,36). The molecule has 2 amide bonds. The molecular weight excluding hydrogens is 492 g/mol. The van der Waals surface area contributed by atoms with Crippen LogP contribution in [0.4, 0.5) is 14.5 Å². The summed E-state index contributed by atoms with van der Waals surface area (Å²) >= 11 is 0. The third kappa shape index (κ3) is 6.39. The van der Waals surface area contributed by atoms with Gasteiger partial charge >= 0.3 is 0 Å². The third-order valence-electron chi connectivity index (χ3n) is 6.12. The van der Waals surface area contributed by atoms with E-state index in [2.05, 4.69) is 15.6 Å². The van der Waals surface area contributed by atoms with Gasteiger partial charge in [-0.25, -0.2) is 13.5 Å². The Labute approximate surface area is 218 Å². The number of benzene rings is 3.